The van der Waals surface area contributed by atoms with Crippen LogP contribution in [-0.4, -0.2) is 11.1 Å². The van der Waals surface area contributed by atoms with E-state index in [4.69, 9.17) is 5.73 Å². The van der Waals surface area contributed by atoms with Gasteiger partial charge in [0.1, 0.15) is 0 Å². The van der Waals surface area contributed by atoms with Crippen molar-refractivity contribution in [2.75, 3.05) is 0 Å². The average molecular weight is 289 g/mol. The molecule has 3 nitrogen and oxygen atoms in total. The minimum absolute atomic E-state index is 0.0673. The zero-order valence-electron chi connectivity index (χ0n) is 13.2. The van der Waals surface area contributed by atoms with Crippen LogP contribution in [0.1, 0.15) is 67.7 Å². The van der Waals surface area contributed by atoms with Gasteiger partial charge in [0.2, 0.25) is 0 Å². The molecule has 116 valence electrons. The van der Waals surface area contributed by atoms with E-state index < -0.39 is 5.97 Å². The van der Waals surface area contributed by atoms with E-state index in [1.54, 1.807) is 0 Å². The number of aryl methyl sites for hydroxylation is 2. The zero-order chi connectivity index (χ0) is 15.5. The Bertz CT molecular complexity index is 504. The number of hydrogen-bond acceptors (Lipinski definition) is 2. The van der Waals surface area contributed by atoms with Gasteiger partial charge in [-0.3, -0.25) is 4.79 Å². The first-order valence-electron chi connectivity index (χ1n) is 7.96. The third-order valence-electron chi connectivity index (χ3n) is 4.93. The van der Waals surface area contributed by atoms with Gasteiger partial charge >= 0.3 is 5.97 Å². The Balaban J connectivity index is 2.19. The number of carbonyl (C=O) groups is 1. The molecule has 1 aliphatic carbocycles. The highest BCUT2D eigenvalue weighted by Gasteiger charge is 2.36. The summed E-state index contributed by atoms with van der Waals surface area (Å²) in [7, 11) is 0. The summed E-state index contributed by atoms with van der Waals surface area (Å²) in [6.45, 7) is 4.16. The predicted octanol–water partition coefficient (Wildman–Crippen LogP) is 4.12. The van der Waals surface area contributed by atoms with Crippen LogP contribution >= 0.6 is 0 Å². The average Bonchev–Trinajstić information content (AvgIpc) is 2.41. The van der Waals surface area contributed by atoms with Crippen LogP contribution in [0, 0.1) is 19.3 Å². The van der Waals surface area contributed by atoms with E-state index in [1.165, 1.54) is 23.1 Å². The molecule has 1 aliphatic rings. The van der Waals surface area contributed by atoms with Crippen molar-refractivity contribution in [3.63, 3.8) is 0 Å². The van der Waals surface area contributed by atoms with Crippen molar-refractivity contribution >= 4 is 5.97 Å². The molecule has 0 saturated heterocycles. The highest BCUT2D eigenvalue weighted by molar-refractivity contribution is 5.67. The molecule has 3 heteroatoms. The van der Waals surface area contributed by atoms with Crippen LogP contribution < -0.4 is 5.73 Å². The smallest absolute Gasteiger partial charge is 0.303 e. The molecule has 1 aromatic carbocycles. The van der Waals surface area contributed by atoms with Gasteiger partial charge in [-0.05, 0) is 49.7 Å². The first-order valence-corrected chi connectivity index (χ1v) is 7.96. The third kappa shape index (κ3) is 4.07. The molecule has 0 aromatic heterocycles. The maximum atomic E-state index is 11.3. The fourth-order valence-electron chi connectivity index (χ4n) is 3.81. The Hall–Kier alpha value is -1.35. The monoisotopic (exact) mass is 289 g/mol. The lowest BCUT2D eigenvalue weighted by Gasteiger charge is -2.38. The predicted molar refractivity (Wildman–Crippen MR) is 85.2 cm³/mol. The van der Waals surface area contributed by atoms with E-state index in [9.17, 15) is 9.90 Å². The number of hydrogen-bond donors (Lipinski definition) is 2. The molecule has 0 aliphatic heterocycles. The molecular formula is C18H27NO2. The fourth-order valence-corrected chi connectivity index (χ4v) is 3.81. The quantitative estimate of drug-likeness (QED) is 0.857. The Kier molecular flexibility index (Phi) is 5.04. The molecule has 1 atom stereocenters. The Morgan fingerprint density at radius 1 is 1.29 bits per heavy atom. The summed E-state index contributed by atoms with van der Waals surface area (Å²) in [5.41, 5.74) is 9.94. The van der Waals surface area contributed by atoms with Gasteiger partial charge in [-0.2, -0.15) is 0 Å². The molecular weight excluding hydrogens is 262 g/mol. The van der Waals surface area contributed by atoms with Crippen molar-refractivity contribution in [1.29, 1.82) is 0 Å². The van der Waals surface area contributed by atoms with E-state index >= 15 is 0 Å². The number of carboxylic acids is 1. The van der Waals surface area contributed by atoms with Gasteiger partial charge in [-0.25, -0.2) is 0 Å². The van der Waals surface area contributed by atoms with E-state index in [0.717, 1.165) is 32.1 Å². The van der Waals surface area contributed by atoms with E-state index in [2.05, 4.69) is 32.0 Å². The molecule has 0 bridgehead atoms. The maximum absolute atomic E-state index is 11.3. The first kappa shape index (κ1) is 16.0. The van der Waals surface area contributed by atoms with Crippen LogP contribution in [0.5, 0.6) is 0 Å². The molecule has 0 amide bonds. The van der Waals surface area contributed by atoms with Crippen LogP contribution in [0.15, 0.2) is 18.2 Å². The summed E-state index contributed by atoms with van der Waals surface area (Å²) in [4.78, 5) is 11.3. The zero-order valence-corrected chi connectivity index (χ0v) is 13.2. The standard InChI is InChI=1S/C18H27NO2/c1-13-6-7-14(2)15(10-13)16(19)11-18(12-17(20)21)8-4-3-5-9-18/h6-7,10,16H,3-5,8-9,11-12,19H2,1-2H3,(H,20,21). The second kappa shape index (κ2) is 6.61. The second-order valence-electron chi connectivity index (χ2n) is 6.80. The van der Waals surface area contributed by atoms with Gasteiger partial charge in [0.15, 0.2) is 0 Å². The molecule has 0 heterocycles. The van der Waals surface area contributed by atoms with Gasteiger partial charge in [-0.1, -0.05) is 43.0 Å². The van der Waals surface area contributed by atoms with Crippen molar-refractivity contribution in [1.82, 2.24) is 0 Å². The van der Waals surface area contributed by atoms with E-state index in [0.29, 0.717) is 0 Å². The Morgan fingerprint density at radius 3 is 2.57 bits per heavy atom. The molecule has 1 saturated carbocycles. The molecule has 0 spiro atoms. The van der Waals surface area contributed by atoms with Crippen LogP contribution in [0.3, 0.4) is 0 Å². The topological polar surface area (TPSA) is 63.3 Å². The second-order valence-corrected chi connectivity index (χ2v) is 6.80. The number of carboxylic acid groups (broad SMARTS) is 1. The van der Waals surface area contributed by atoms with E-state index in [-0.39, 0.29) is 17.9 Å². The SMILES string of the molecule is Cc1ccc(C)c(C(N)CC2(CC(=O)O)CCCCC2)c1. The summed E-state index contributed by atoms with van der Waals surface area (Å²) in [5, 5.41) is 9.27. The number of rotatable bonds is 5. The van der Waals surface area contributed by atoms with Crippen molar-refractivity contribution in [2.45, 2.75) is 64.8 Å². The molecule has 2 rings (SSSR count). The van der Waals surface area contributed by atoms with Crippen molar-refractivity contribution in [3.8, 4) is 0 Å². The van der Waals surface area contributed by atoms with Gasteiger partial charge in [0.05, 0.1) is 6.42 Å². The van der Waals surface area contributed by atoms with E-state index in [1.807, 2.05) is 0 Å². The van der Waals surface area contributed by atoms with Crippen LogP contribution in [0.4, 0.5) is 0 Å². The summed E-state index contributed by atoms with van der Waals surface area (Å²) < 4.78 is 0. The molecule has 0 radical (unpaired) electrons. The Morgan fingerprint density at radius 2 is 1.95 bits per heavy atom. The fraction of sp³-hybridized carbons (Fsp3) is 0.611. The Labute approximate surface area is 127 Å². The molecule has 1 fully saturated rings. The molecule has 1 aromatic rings. The number of benzene rings is 1. The van der Waals surface area contributed by atoms with Crippen molar-refractivity contribution in [2.24, 2.45) is 11.1 Å². The van der Waals surface area contributed by atoms with Crippen LogP contribution in [-0.2, 0) is 4.79 Å². The number of nitrogens with two attached hydrogens (primary N) is 1. The molecule has 3 N–H and O–H groups in total. The van der Waals surface area contributed by atoms with Crippen LogP contribution in [0.2, 0.25) is 0 Å². The van der Waals surface area contributed by atoms with Gasteiger partial charge in [0.25, 0.3) is 0 Å². The summed E-state index contributed by atoms with van der Waals surface area (Å²) >= 11 is 0. The summed E-state index contributed by atoms with van der Waals surface area (Å²) in [6.07, 6.45) is 6.52. The number of aliphatic carboxylic acids is 1. The lowest BCUT2D eigenvalue weighted by molar-refractivity contribution is -0.140. The highest BCUT2D eigenvalue weighted by Crippen LogP contribution is 2.45. The van der Waals surface area contributed by atoms with Gasteiger partial charge < -0.3 is 10.8 Å². The normalized spacial score (nSPS) is 19.2. The lowest BCUT2D eigenvalue weighted by Crippen LogP contribution is -2.31. The van der Waals surface area contributed by atoms with Crippen LogP contribution in [0.25, 0.3) is 0 Å². The summed E-state index contributed by atoms with van der Waals surface area (Å²) in [5.74, 6) is -0.690. The minimum atomic E-state index is -0.690. The molecule has 21 heavy (non-hydrogen) atoms. The summed E-state index contributed by atoms with van der Waals surface area (Å²) in [6, 6.07) is 6.29. The third-order valence-corrected chi connectivity index (χ3v) is 4.93. The largest absolute Gasteiger partial charge is 0.481 e. The lowest BCUT2D eigenvalue weighted by atomic mass is 9.67. The first-order chi connectivity index (χ1) is 9.92. The van der Waals surface area contributed by atoms with Crippen molar-refractivity contribution < 1.29 is 9.90 Å². The van der Waals surface area contributed by atoms with Gasteiger partial charge in [0, 0.05) is 6.04 Å². The minimum Gasteiger partial charge on any atom is -0.481 e. The highest BCUT2D eigenvalue weighted by atomic mass is 16.4. The maximum Gasteiger partial charge on any atom is 0.303 e. The molecule has 1 unspecified atom stereocenters. The van der Waals surface area contributed by atoms with Gasteiger partial charge in [-0.15, -0.1) is 0 Å². The van der Waals surface area contributed by atoms with Crippen molar-refractivity contribution in [3.05, 3.63) is 34.9 Å².